The van der Waals surface area contributed by atoms with Gasteiger partial charge >= 0.3 is 0 Å². The lowest BCUT2D eigenvalue weighted by atomic mass is 9.95. The lowest BCUT2D eigenvalue weighted by Crippen LogP contribution is -2.38. The fourth-order valence-corrected chi connectivity index (χ4v) is 3.24. The Hall–Kier alpha value is -2.87. The molecule has 29 heavy (non-hydrogen) atoms. The number of hydrogen-bond donors (Lipinski definition) is 5. The third-order valence-corrected chi connectivity index (χ3v) is 4.96. The summed E-state index contributed by atoms with van der Waals surface area (Å²) < 4.78 is 14.3. The van der Waals surface area contributed by atoms with Gasteiger partial charge in [0, 0.05) is 29.4 Å². The van der Waals surface area contributed by atoms with Gasteiger partial charge in [0.1, 0.15) is 5.82 Å². The van der Waals surface area contributed by atoms with E-state index in [9.17, 15) is 14.0 Å². The molecule has 1 aromatic carbocycles. The number of halogens is 1. The first-order valence-corrected chi connectivity index (χ1v) is 9.76. The zero-order valence-corrected chi connectivity index (χ0v) is 16.6. The minimum Gasteiger partial charge on any atom is -0.398 e. The first-order valence-electron chi connectivity index (χ1n) is 9.76. The molecule has 2 amide bonds. The Morgan fingerprint density at radius 2 is 1.90 bits per heavy atom. The molecule has 1 aliphatic carbocycles. The van der Waals surface area contributed by atoms with E-state index in [4.69, 9.17) is 16.6 Å². The minimum atomic E-state index is -0.583. The molecule has 0 unspecified atom stereocenters. The van der Waals surface area contributed by atoms with Crippen LogP contribution < -0.4 is 22.1 Å². The average Bonchev–Trinajstić information content (AvgIpc) is 2.72. The largest absolute Gasteiger partial charge is 0.398 e. The van der Waals surface area contributed by atoms with Crippen LogP contribution in [0.25, 0.3) is 5.70 Å². The van der Waals surface area contributed by atoms with E-state index in [2.05, 4.69) is 10.6 Å². The van der Waals surface area contributed by atoms with Crippen LogP contribution in [0.3, 0.4) is 0 Å². The van der Waals surface area contributed by atoms with Gasteiger partial charge in [0.25, 0.3) is 11.8 Å². The van der Waals surface area contributed by atoms with Gasteiger partial charge in [-0.2, -0.15) is 0 Å². The monoisotopic (exact) mass is 404 g/mol. The molecule has 0 atom stereocenters. The van der Waals surface area contributed by atoms with Crippen molar-refractivity contribution in [3.8, 4) is 0 Å². The molecule has 1 aromatic rings. The highest BCUT2D eigenvalue weighted by Crippen LogP contribution is 2.21. The van der Waals surface area contributed by atoms with Gasteiger partial charge in [-0.1, -0.05) is 19.3 Å². The van der Waals surface area contributed by atoms with Crippen molar-refractivity contribution < 1.29 is 19.1 Å². The first-order chi connectivity index (χ1) is 13.8. The van der Waals surface area contributed by atoms with Crippen LogP contribution in [-0.4, -0.2) is 36.1 Å². The second kappa shape index (κ2) is 10.6. The standard InChI is InChI=1S/C21H29FN4O3/c1-13-16(11-14(12-17(13)22)20(28)25-9-10-27)18(23)7-8-19(24)21(29)26-15-5-3-2-4-6-15/h7-8,11-12,15,27H,2-6,9-10,23-24H2,1H3,(H,25,28)(H,26,29)/b18-7-,19-8-. The highest BCUT2D eigenvalue weighted by atomic mass is 19.1. The molecule has 0 aromatic heterocycles. The van der Waals surface area contributed by atoms with Crippen molar-refractivity contribution in [2.24, 2.45) is 11.5 Å². The molecule has 7 N–H and O–H groups in total. The molecule has 7 nitrogen and oxygen atoms in total. The summed E-state index contributed by atoms with van der Waals surface area (Å²) in [6.45, 7) is 1.38. The number of carbonyl (C=O) groups excluding carboxylic acids is 2. The van der Waals surface area contributed by atoms with Gasteiger partial charge in [-0.15, -0.1) is 0 Å². The zero-order valence-electron chi connectivity index (χ0n) is 16.6. The lowest BCUT2D eigenvalue weighted by molar-refractivity contribution is -0.118. The maximum Gasteiger partial charge on any atom is 0.267 e. The van der Waals surface area contributed by atoms with Gasteiger partial charge in [-0.3, -0.25) is 9.59 Å². The summed E-state index contributed by atoms with van der Waals surface area (Å²) in [6, 6.07) is 2.71. The molecule has 0 heterocycles. The number of rotatable bonds is 7. The van der Waals surface area contributed by atoms with Gasteiger partial charge in [-0.05, 0) is 49.6 Å². The Morgan fingerprint density at radius 1 is 1.21 bits per heavy atom. The molecular formula is C21H29FN4O3. The van der Waals surface area contributed by atoms with Crippen molar-refractivity contribution in [2.45, 2.75) is 45.1 Å². The molecule has 158 valence electrons. The first kappa shape index (κ1) is 22.4. The predicted molar refractivity (Wildman–Crippen MR) is 110 cm³/mol. The fourth-order valence-electron chi connectivity index (χ4n) is 3.24. The Bertz CT molecular complexity index is 814. The van der Waals surface area contributed by atoms with E-state index in [1.807, 2.05) is 0 Å². The van der Waals surface area contributed by atoms with E-state index >= 15 is 0 Å². The third-order valence-electron chi connectivity index (χ3n) is 4.96. The molecule has 0 spiro atoms. The van der Waals surface area contributed by atoms with E-state index in [0.717, 1.165) is 31.7 Å². The van der Waals surface area contributed by atoms with Crippen LogP contribution in [0.4, 0.5) is 4.39 Å². The number of hydrogen-bond acceptors (Lipinski definition) is 5. The maximum atomic E-state index is 14.3. The quantitative estimate of drug-likeness (QED) is 0.347. The van der Waals surface area contributed by atoms with E-state index in [-0.39, 0.29) is 47.6 Å². The number of amides is 2. The van der Waals surface area contributed by atoms with E-state index in [1.165, 1.54) is 24.6 Å². The van der Waals surface area contributed by atoms with Crippen LogP contribution >= 0.6 is 0 Å². The summed E-state index contributed by atoms with van der Waals surface area (Å²) in [5.74, 6) is -1.46. The molecule has 1 fully saturated rings. The smallest absolute Gasteiger partial charge is 0.267 e. The second-order valence-corrected chi connectivity index (χ2v) is 7.16. The van der Waals surface area contributed by atoms with Crippen molar-refractivity contribution in [1.82, 2.24) is 10.6 Å². The Morgan fingerprint density at radius 3 is 2.55 bits per heavy atom. The normalized spacial score (nSPS) is 15.8. The SMILES string of the molecule is Cc1c(F)cc(C(=O)NCCO)cc1/C(N)=C/C=C(\N)C(=O)NC1CCCCC1. The van der Waals surface area contributed by atoms with Crippen molar-refractivity contribution in [3.63, 3.8) is 0 Å². The van der Waals surface area contributed by atoms with E-state index in [0.29, 0.717) is 5.56 Å². The van der Waals surface area contributed by atoms with Gasteiger partial charge in [0.2, 0.25) is 0 Å². The van der Waals surface area contributed by atoms with Crippen LogP contribution in [0.5, 0.6) is 0 Å². The number of benzene rings is 1. The number of aliphatic hydroxyl groups excluding tert-OH is 1. The number of carbonyl (C=O) groups is 2. The number of nitrogens with one attached hydrogen (secondary N) is 2. The Kier molecular flexibility index (Phi) is 8.21. The highest BCUT2D eigenvalue weighted by molar-refractivity contribution is 5.95. The number of nitrogens with two attached hydrogens (primary N) is 2. The van der Waals surface area contributed by atoms with Crippen LogP contribution in [0.15, 0.2) is 30.0 Å². The van der Waals surface area contributed by atoms with Crippen molar-refractivity contribution in [1.29, 1.82) is 0 Å². The summed E-state index contributed by atoms with van der Waals surface area (Å²) in [7, 11) is 0. The molecule has 1 saturated carbocycles. The van der Waals surface area contributed by atoms with Crippen molar-refractivity contribution >= 4 is 17.5 Å². The predicted octanol–water partition coefficient (Wildman–Crippen LogP) is 1.45. The molecule has 0 aliphatic heterocycles. The van der Waals surface area contributed by atoms with Crippen LogP contribution in [0, 0.1) is 12.7 Å². The summed E-state index contributed by atoms with van der Waals surface area (Å²) in [5.41, 5.74) is 12.8. The summed E-state index contributed by atoms with van der Waals surface area (Å²) in [5, 5.41) is 14.2. The van der Waals surface area contributed by atoms with Crippen molar-refractivity contribution in [2.75, 3.05) is 13.2 Å². The summed E-state index contributed by atoms with van der Waals surface area (Å²) in [6.07, 6.45) is 8.06. The lowest BCUT2D eigenvalue weighted by Gasteiger charge is -2.22. The number of aliphatic hydroxyl groups is 1. The summed E-state index contributed by atoms with van der Waals surface area (Å²) in [4.78, 5) is 24.3. The molecular weight excluding hydrogens is 375 g/mol. The zero-order chi connectivity index (χ0) is 21.4. The third kappa shape index (κ3) is 6.32. The number of allylic oxidation sites excluding steroid dienone is 2. The molecule has 8 heteroatoms. The molecule has 0 bridgehead atoms. The molecule has 0 saturated heterocycles. The maximum absolute atomic E-state index is 14.3. The molecule has 0 radical (unpaired) electrons. The van der Waals surface area contributed by atoms with E-state index in [1.54, 1.807) is 6.92 Å². The highest BCUT2D eigenvalue weighted by Gasteiger charge is 2.17. The van der Waals surface area contributed by atoms with Gasteiger partial charge < -0.3 is 27.2 Å². The molecule has 2 rings (SSSR count). The Balaban J connectivity index is 2.16. The van der Waals surface area contributed by atoms with Gasteiger partial charge in [0.05, 0.1) is 12.3 Å². The topological polar surface area (TPSA) is 130 Å². The van der Waals surface area contributed by atoms with Crippen LogP contribution in [-0.2, 0) is 4.79 Å². The average molecular weight is 404 g/mol. The second-order valence-electron chi connectivity index (χ2n) is 7.16. The summed E-state index contributed by atoms with van der Waals surface area (Å²) >= 11 is 0. The van der Waals surface area contributed by atoms with Crippen LogP contribution in [0.2, 0.25) is 0 Å². The molecule has 1 aliphatic rings. The van der Waals surface area contributed by atoms with Gasteiger partial charge in [-0.25, -0.2) is 4.39 Å². The van der Waals surface area contributed by atoms with Gasteiger partial charge in [0.15, 0.2) is 0 Å². The van der Waals surface area contributed by atoms with Crippen molar-refractivity contribution in [3.05, 3.63) is 52.5 Å². The van der Waals surface area contributed by atoms with E-state index < -0.39 is 11.7 Å². The Labute approximate surface area is 170 Å². The fraction of sp³-hybridized carbons (Fsp3) is 0.429. The minimum absolute atomic E-state index is 0.00786. The van der Waals surface area contributed by atoms with Crippen LogP contribution in [0.1, 0.15) is 53.6 Å².